The number of carbonyl (C=O) groups excluding carboxylic acids is 1. The highest BCUT2D eigenvalue weighted by Crippen LogP contribution is 2.33. The first-order valence-corrected chi connectivity index (χ1v) is 9.33. The highest BCUT2D eigenvalue weighted by Gasteiger charge is 2.23. The number of phenols is 1. The third-order valence-electron chi connectivity index (χ3n) is 5.30. The number of carbonyl (C=O) groups is 1. The Hall–Kier alpha value is -2.49. The molecule has 0 heterocycles. The van der Waals surface area contributed by atoms with Gasteiger partial charge >= 0.3 is 6.09 Å². The molecule has 1 amide bonds. The van der Waals surface area contributed by atoms with Crippen LogP contribution in [-0.4, -0.2) is 17.2 Å². The molecule has 4 nitrogen and oxygen atoms in total. The number of aromatic hydroxyl groups is 1. The number of hydrogen-bond donors (Lipinski definition) is 2. The van der Waals surface area contributed by atoms with Gasteiger partial charge in [-0.25, -0.2) is 4.79 Å². The molecule has 138 valence electrons. The fraction of sp³-hybridized carbons (Fsp3) is 0.409. The molecule has 0 atom stereocenters. The van der Waals surface area contributed by atoms with E-state index in [1.807, 2.05) is 36.4 Å². The molecule has 3 rings (SSSR count). The summed E-state index contributed by atoms with van der Waals surface area (Å²) >= 11 is 0. The maximum absolute atomic E-state index is 12.1. The first-order chi connectivity index (χ1) is 12.4. The van der Waals surface area contributed by atoms with Crippen molar-refractivity contribution in [3.63, 3.8) is 0 Å². The molecule has 0 aromatic heterocycles. The summed E-state index contributed by atoms with van der Waals surface area (Å²) in [6.07, 6.45) is 5.30. The Labute approximate surface area is 155 Å². The van der Waals surface area contributed by atoms with Gasteiger partial charge in [-0.15, -0.1) is 0 Å². The van der Waals surface area contributed by atoms with Gasteiger partial charge in [0.25, 0.3) is 0 Å². The molecule has 0 unspecified atom stereocenters. The molecule has 2 aromatic rings. The summed E-state index contributed by atoms with van der Waals surface area (Å²) in [4.78, 5) is 12.1. The molecule has 0 aliphatic heterocycles. The van der Waals surface area contributed by atoms with E-state index in [0.29, 0.717) is 5.75 Å². The molecule has 4 heteroatoms. The van der Waals surface area contributed by atoms with Crippen molar-refractivity contribution in [2.24, 2.45) is 0 Å². The lowest BCUT2D eigenvalue weighted by Gasteiger charge is -2.26. The third kappa shape index (κ3) is 4.37. The third-order valence-corrected chi connectivity index (χ3v) is 5.30. The summed E-state index contributed by atoms with van der Waals surface area (Å²) in [6.45, 7) is 4.26. The quantitative estimate of drug-likeness (QED) is 0.800. The molecule has 2 N–H and O–H groups in total. The minimum atomic E-state index is -0.373. The van der Waals surface area contributed by atoms with Crippen LogP contribution in [-0.2, 0) is 5.41 Å². The van der Waals surface area contributed by atoms with Gasteiger partial charge in [-0.2, -0.15) is 0 Å². The summed E-state index contributed by atoms with van der Waals surface area (Å²) in [5.74, 6) is 0.806. The number of phenolic OH excluding ortho intramolecular Hbond substituents is 1. The van der Waals surface area contributed by atoms with E-state index >= 15 is 0 Å². The van der Waals surface area contributed by atoms with Crippen LogP contribution in [0.3, 0.4) is 0 Å². The molecule has 0 spiro atoms. The smallest absolute Gasteiger partial charge is 0.412 e. The number of ether oxygens (including phenoxy) is 1. The molecule has 0 bridgehead atoms. The fourth-order valence-electron chi connectivity index (χ4n) is 3.53. The Morgan fingerprint density at radius 1 is 0.962 bits per heavy atom. The van der Waals surface area contributed by atoms with Crippen molar-refractivity contribution < 1.29 is 14.6 Å². The number of amides is 1. The average molecular weight is 353 g/mol. The van der Waals surface area contributed by atoms with Crippen LogP contribution in [0.2, 0.25) is 0 Å². The fourth-order valence-corrected chi connectivity index (χ4v) is 3.53. The highest BCUT2D eigenvalue weighted by molar-refractivity contribution is 5.70. The van der Waals surface area contributed by atoms with Crippen LogP contribution in [0.15, 0.2) is 48.5 Å². The van der Waals surface area contributed by atoms with Gasteiger partial charge in [0, 0.05) is 11.5 Å². The predicted octanol–water partition coefficient (Wildman–Crippen LogP) is 5.14. The van der Waals surface area contributed by atoms with Gasteiger partial charge < -0.3 is 15.2 Å². The van der Waals surface area contributed by atoms with E-state index < -0.39 is 0 Å². The van der Waals surface area contributed by atoms with Crippen LogP contribution in [0.4, 0.5) is 4.79 Å². The molecule has 1 saturated carbocycles. The highest BCUT2D eigenvalue weighted by atomic mass is 16.6. The van der Waals surface area contributed by atoms with E-state index in [2.05, 4.69) is 19.2 Å². The van der Waals surface area contributed by atoms with E-state index in [0.717, 1.165) is 24.0 Å². The SMILES string of the molecule is CC(C)(c1ccc(O)cc1)c1ccc(OC(=O)NC2CCCCC2)cc1. The molecule has 26 heavy (non-hydrogen) atoms. The zero-order valence-corrected chi connectivity index (χ0v) is 15.5. The van der Waals surface area contributed by atoms with Crippen molar-refractivity contribution in [2.75, 3.05) is 0 Å². The second-order valence-corrected chi connectivity index (χ2v) is 7.57. The molecule has 1 fully saturated rings. The molecular formula is C22H27NO3. The van der Waals surface area contributed by atoms with Gasteiger partial charge in [-0.3, -0.25) is 0 Å². The van der Waals surface area contributed by atoms with Crippen LogP contribution < -0.4 is 10.1 Å². The van der Waals surface area contributed by atoms with Gasteiger partial charge in [-0.1, -0.05) is 57.4 Å². The van der Waals surface area contributed by atoms with E-state index in [1.54, 1.807) is 12.1 Å². The number of hydrogen-bond acceptors (Lipinski definition) is 3. The van der Waals surface area contributed by atoms with Crippen LogP contribution in [0, 0.1) is 0 Å². The second kappa shape index (κ2) is 7.81. The van der Waals surface area contributed by atoms with Gasteiger partial charge in [0.1, 0.15) is 11.5 Å². The topological polar surface area (TPSA) is 58.6 Å². The van der Waals surface area contributed by atoms with Gasteiger partial charge in [0.15, 0.2) is 0 Å². The van der Waals surface area contributed by atoms with E-state index in [4.69, 9.17) is 4.74 Å². The minimum Gasteiger partial charge on any atom is -0.508 e. The lowest BCUT2D eigenvalue weighted by atomic mass is 9.78. The molecular weight excluding hydrogens is 326 g/mol. The van der Waals surface area contributed by atoms with Crippen LogP contribution in [0.25, 0.3) is 0 Å². The molecule has 0 saturated heterocycles. The van der Waals surface area contributed by atoms with E-state index in [9.17, 15) is 9.90 Å². The predicted molar refractivity (Wildman–Crippen MR) is 103 cm³/mol. The van der Waals surface area contributed by atoms with Crippen molar-refractivity contribution in [2.45, 2.75) is 57.4 Å². The largest absolute Gasteiger partial charge is 0.508 e. The first-order valence-electron chi connectivity index (χ1n) is 9.33. The number of benzene rings is 2. The number of rotatable bonds is 4. The summed E-state index contributed by atoms with van der Waals surface area (Å²) in [5.41, 5.74) is 2.01. The number of nitrogens with one attached hydrogen (secondary N) is 1. The maximum Gasteiger partial charge on any atom is 0.412 e. The zero-order chi connectivity index (χ0) is 18.6. The van der Waals surface area contributed by atoms with Gasteiger partial charge in [-0.05, 0) is 48.2 Å². The Kier molecular flexibility index (Phi) is 5.50. The standard InChI is InChI=1S/C22H27NO3/c1-22(2,16-8-12-19(24)13-9-16)17-10-14-20(15-11-17)26-21(25)23-18-6-4-3-5-7-18/h8-15,18,24H,3-7H2,1-2H3,(H,23,25). The van der Waals surface area contributed by atoms with Crippen molar-refractivity contribution in [3.8, 4) is 11.5 Å². The van der Waals surface area contributed by atoms with Crippen molar-refractivity contribution in [3.05, 3.63) is 59.7 Å². The Morgan fingerprint density at radius 2 is 1.50 bits per heavy atom. The lowest BCUT2D eigenvalue weighted by molar-refractivity contribution is 0.192. The molecule has 1 aliphatic rings. The summed E-state index contributed by atoms with van der Waals surface area (Å²) in [6, 6.07) is 15.1. The lowest BCUT2D eigenvalue weighted by Crippen LogP contribution is -2.38. The normalized spacial score (nSPS) is 15.5. The van der Waals surface area contributed by atoms with Gasteiger partial charge in [0.05, 0.1) is 0 Å². The molecule has 1 aliphatic carbocycles. The van der Waals surface area contributed by atoms with Crippen molar-refractivity contribution >= 4 is 6.09 Å². The monoisotopic (exact) mass is 353 g/mol. The van der Waals surface area contributed by atoms with E-state index in [1.165, 1.54) is 19.3 Å². The molecule has 2 aromatic carbocycles. The molecule has 0 radical (unpaired) electrons. The minimum absolute atomic E-state index is 0.212. The average Bonchev–Trinajstić information content (AvgIpc) is 2.63. The Balaban J connectivity index is 1.64. The van der Waals surface area contributed by atoms with Gasteiger partial charge in [0.2, 0.25) is 0 Å². The van der Waals surface area contributed by atoms with Crippen molar-refractivity contribution in [1.82, 2.24) is 5.32 Å². The maximum atomic E-state index is 12.1. The Bertz CT molecular complexity index is 729. The first kappa shape index (κ1) is 18.3. The summed E-state index contributed by atoms with van der Waals surface area (Å²) in [5, 5.41) is 12.4. The summed E-state index contributed by atoms with van der Waals surface area (Å²) in [7, 11) is 0. The van der Waals surface area contributed by atoms with Crippen LogP contribution in [0.1, 0.15) is 57.1 Å². The second-order valence-electron chi connectivity index (χ2n) is 7.57. The Morgan fingerprint density at radius 3 is 2.08 bits per heavy atom. The van der Waals surface area contributed by atoms with E-state index in [-0.39, 0.29) is 23.3 Å². The van der Waals surface area contributed by atoms with Crippen molar-refractivity contribution in [1.29, 1.82) is 0 Å². The zero-order valence-electron chi connectivity index (χ0n) is 15.5. The van der Waals surface area contributed by atoms with Crippen LogP contribution >= 0.6 is 0 Å². The van der Waals surface area contributed by atoms with Crippen LogP contribution in [0.5, 0.6) is 11.5 Å². The summed E-state index contributed by atoms with van der Waals surface area (Å²) < 4.78 is 5.42.